The van der Waals surface area contributed by atoms with Crippen molar-refractivity contribution in [2.75, 3.05) is 18.0 Å². The molecule has 0 radical (unpaired) electrons. The lowest BCUT2D eigenvalue weighted by Crippen LogP contribution is -2.47. The van der Waals surface area contributed by atoms with Crippen LogP contribution in [0.5, 0.6) is 0 Å². The minimum Gasteiger partial charge on any atom is -0.364 e. The van der Waals surface area contributed by atoms with Crippen LogP contribution in [0.2, 0.25) is 0 Å². The van der Waals surface area contributed by atoms with Gasteiger partial charge in [0.05, 0.1) is 0 Å². The molecule has 1 aromatic heterocycles. The summed E-state index contributed by atoms with van der Waals surface area (Å²) in [5.74, 6) is 0.456. The van der Waals surface area contributed by atoms with Gasteiger partial charge < -0.3 is 16.4 Å². The van der Waals surface area contributed by atoms with Gasteiger partial charge in [0.1, 0.15) is 0 Å². The molecule has 6 nitrogen and oxygen atoms in total. The summed E-state index contributed by atoms with van der Waals surface area (Å²) in [5.41, 5.74) is 11.6. The fourth-order valence-electron chi connectivity index (χ4n) is 2.41. The number of carbonyl (C=O) groups excluding carboxylic acids is 1. The zero-order chi connectivity index (χ0) is 13.1. The highest BCUT2D eigenvalue weighted by atomic mass is 16.1. The summed E-state index contributed by atoms with van der Waals surface area (Å²) in [4.78, 5) is 21.7. The molecule has 4 N–H and O–H groups in total. The Labute approximate surface area is 106 Å². The first-order valence-electron chi connectivity index (χ1n) is 6.24. The predicted molar refractivity (Wildman–Crippen MR) is 69.1 cm³/mol. The summed E-state index contributed by atoms with van der Waals surface area (Å²) < 4.78 is 0. The van der Waals surface area contributed by atoms with Crippen LogP contribution in [0, 0.1) is 5.92 Å². The molecule has 0 spiro atoms. The minimum atomic E-state index is -0.541. The fourth-order valence-corrected chi connectivity index (χ4v) is 2.41. The topological polar surface area (TPSA) is 98.1 Å². The molecule has 1 fully saturated rings. The van der Waals surface area contributed by atoms with Crippen molar-refractivity contribution in [2.24, 2.45) is 17.4 Å². The Morgan fingerprint density at radius 3 is 2.89 bits per heavy atom. The average molecular weight is 249 g/mol. The summed E-state index contributed by atoms with van der Waals surface area (Å²) in [7, 11) is 0. The van der Waals surface area contributed by atoms with E-state index >= 15 is 0 Å². The summed E-state index contributed by atoms with van der Waals surface area (Å²) >= 11 is 0. The molecule has 2 atom stereocenters. The van der Waals surface area contributed by atoms with Crippen molar-refractivity contribution in [2.45, 2.75) is 25.8 Å². The van der Waals surface area contributed by atoms with Crippen LogP contribution >= 0.6 is 0 Å². The Morgan fingerprint density at radius 2 is 2.22 bits per heavy atom. The van der Waals surface area contributed by atoms with Crippen LogP contribution in [0.1, 0.15) is 30.3 Å². The average Bonchev–Trinajstić information content (AvgIpc) is 2.39. The second kappa shape index (κ2) is 5.30. The van der Waals surface area contributed by atoms with E-state index in [9.17, 15) is 4.79 Å². The predicted octanol–water partition coefficient (Wildman–Crippen LogP) is 0.139. The molecule has 0 saturated carbocycles. The Morgan fingerprint density at radius 1 is 1.50 bits per heavy atom. The molecule has 1 amide bonds. The van der Waals surface area contributed by atoms with E-state index in [0.717, 1.165) is 25.9 Å². The number of aromatic nitrogens is 2. The maximum absolute atomic E-state index is 11.3. The standard InChI is InChI=1S/C12H19N5O/c1-2-8-7-17(6-3-9(8)13)12-10(11(14)18)15-4-5-16-12/h4-5,8-9H,2-3,6-7,13H2,1H3,(H2,14,18). The third kappa shape index (κ3) is 2.43. The number of primary amides is 1. The van der Waals surface area contributed by atoms with Crippen LogP contribution in [-0.4, -0.2) is 35.0 Å². The summed E-state index contributed by atoms with van der Waals surface area (Å²) in [5, 5.41) is 0. The molecule has 18 heavy (non-hydrogen) atoms. The number of anilines is 1. The van der Waals surface area contributed by atoms with E-state index in [-0.39, 0.29) is 11.7 Å². The summed E-state index contributed by atoms with van der Waals surface area (Å²) in [6.45, 7) is 3.72. The number of hydrogen-bond acceptors (Lipinski definition) is 5. The van der Waals surface area contributed by atoms with Gasteiger partial charge >= 0.3 is 0 Å². The van der Waals surface area contributed by atoms with Crippen LogP contribution in [0.3, 0.4) is 0 Å². The molecule has 1 aliphatic heterocycles. The Bertz CT molecular complexity index is 436. The van der Waals surface area contributed by atoms with Crippen molar-refractivity contribution in [3.63, 3.8) is 0 Å². The van der Waals surface area contributed by atoms with Crippen LogP contribution in [0.15, 0.2) is 12.4 Å². The van der Waals surface area contributed by atoms with E-state index in [1.807, 2.05) is 0 Å². The van der Waals surface area contributed by atoms with Crippen molar-refractivity contribution >= 4 is 11.7 Å². The molecule has 0 aliphatic carbocycles. The number of carbonyl (C=O) groups is 1. The highest BCUT2D eigenvalue weighted by molar-refractivity contribution is 5.95. The smallest absolute Gasteiger partial charge is 0.271 e. The summed E-state index contributed by atoms with van der Waals surface area (Å²) in [6.07, 6.45) is 4.98. The highest BCUT2D eigenvalue weighted by Gasteiger charge is 2.28. The molecule has 6 heteroatoms. The number of hydrogen-bond donors (Lipinski definition) is 2. The van der Waals surface area contributed by atoms with Crippen LogP contribution in [0.25, 0.3) is 0 Å². The highest BCUT2D eigenvalue weighted by Crippen LogP contribution is 2.24. The lowest BCUT2D eigenvalue weighted by molar-refractivity contribution is 0.0995. The lowest BCUT2D eigenvalue weighted by Gasteiger charge is -2.37. The van der Waals surface area contributed by atoms with Gasteiger partial charge in [0, 0.05) is 31.5 Å². The van der Waals surface area contributed by atoms with E-state index in [4.69, 9.17) is 11.5 Å². The van der Waals surface area contributed by atoms with Crippen molar-refractivity contribution < 1.29 is 4.79 Å². The normalized spacial score (nSPS) is 24.0. The van der Waals surface area contributed by atoms with Gasteiger partial charge in [0.25, 0.3) is 5.91 Å². The Kier molecular flexibility index (Phi) is 3.76. The lowest BCUT2D eigenvalue weighted by atomic mass is 9.90. The third-order valence-electron chi connectivity index (χ3n) is 3.53. The molecule has 0 aromatic carbocycles. The number of rotatable bonds is 3. The van der Waals surface area contributed by atoms with Crippen molar-refractivity contribution in [1.29, 1.82) is 0 Å². The fraction of sp³-hybridized carbons (Fsp3) is 0.583. The quantitative estimate of drug-likeness (QED) is 0.794. The molecule has 2 unspecified atom stereocenters. The second-order valence-corrected chi connectivity index (χ2v) is 4.66. The van der Waals surface area contributed by atoms with Gasteiger partial charge in [0.2, 0.25) is 0 Å². The Balaban J connectivity index is 2.24. The monoisotopic (exact) mass is 249 g/mol. The van der Waals surface area contributed by atoms with Crippen molar-refractivity contribution in [1.82, 2.24) is 9.97 Å². The number of amides is 1. The maximum atomic E-state index is 11.3. The molecule has 1 aliphatic rings. The van der Waals surface area contributed by atoms with E-state index in [2.05, 4.69) is 21.8 Å². The number of piperidine rings is 1. The van der Waals surface area contributed by atoms with E-state index < -0.39 is 5.91 Å². The number of nitrogens with two attached hydrogens (primary N) is 2. The van der Waals surface area contributed by atoms with E-state index in [1.165, 1.54) is 6.20 Å². The van der Waals surface area contributed by atoms with Gasteiger partial charge in [-0.25, -0.2) is 9.97 Å². The molecule has 1 saturated heterocycles. The van der Waals surface area contributed by atoms with Crippen LogP contribution in [0.4, 0.5) is 5.82 Å². The first-order valence-corrected chi connectivity index (χ1v) is 6.24. The zero-order valence-corrected chi connectivity index (χ0v) is 10.5. The van der Waals surface area contributed by atoms with Gasteiger partial charge in [-0.05, 0) is 12.3 Å². The second-order valence-electron chi connectivity index (χ2n) is 4.66. The van der Waals surface area contributed by atoms with E-state index in [0.29, 0.717) is 11.7 Å². The first kappa shape index (κ1) is 12.8. The molecule has 98 valence electrons. The maximum Gasteiger partial charge on any atom is 0.271 e. The molecule has 2 heterocycles. The molecule has 1 aromatic rings. The van der Waals surface area contributed by atoms with Gasteiger partial charge in [-0.1, -0.05) is 13.3 Å². The van der Waals surface area contributed by atoms with Gasteiger partial charge in [-0.3, -0.25) is 4.79 Å². The van der Waals surface area contributed by atoms with Crippen molar-refractivity contribution in [3.8, 4) is 0 Å². The van der Waals surface area contributed by atoms with Gasteiger partial charge in [-0.2, -0.15) is 0 Å². The minimum absolute atomic E-state index is 0.222. The Hall–Kier alpha value is -1.69. The van der Waals surface area contributed by atoms with E-state index in [1.54, 1.807) is 6.20 Å². The molecule has 2 rings (SSSR count). The summed E-state index contributed by atoms with van der Waals surface area (Å²) in [6, 6.07) is 0.222. The molecule has 0 bridgehead atoms. The first-order chi connectivity index (χ1) is 8.63. The SMILES string of the molecule is CCC1CN(c2nccnc2C(N)=O)CCC1N. The van der Waals surface area contributed by atoms with Gasteiger partial charge in [0.15, 0.2) is 11.5 Å². The third-order valence-corrected chi connectivity index (χ3v) is 3.53. The largest absolute Gasteiger partial charge is 0.364 e. The van der Waals surface area contributed by atoms with Gasteiger partial charge in [-0.15, -0.1) is 0 Å². The van der Waals surface area contributed by atoms with Crippen molar-refractivity contribution in [3.05, 3.63) is 18.1 Å². The number of nitrogens with zero attached hydrogens (tertiary/aromatic N) is 3. The molecular weight excluding hydrogens is 230 g/mol. The zero-order valence-electron chi connectivity index (χ0n) is 10.5. The van der Waals surface area contributed by atoms with Crippen LogP contribution < -0.4 is 16.4 Å². The molecular formula is C12H19N5O. The van der Waals surface area contributed by atoms with Crippen LogP contribution in [-0.2, 0) is 0 Å².